The van der Waals surface area contributed by atoms with Gasteiger partial charge in [0.15, 0.2) is 0 Å². The number of halogens is 1. The van der Waals surface area contributed by atoms with Crippen molar-refractivity contribution >= 4 is 11.7 Å². The van der Waals surface area contributed by atoms with Crippen LogP contribution in [0.3, 0.4) is 0 Å². The molecular weight excluding hydrogens is 199 g/mol. The zero-order chi connectivity index (χ0) is 11.4. The van der Waals surface area contributed by atoms with Gasteiger partial charge in [0.05, 0.1) is 5.69 Å². The normalized spacial score (nSPS) is 12.2. The van der Waals surface area contributed by atoms with Crippen molar-refractivity contribution in [3.05, 3.63) is 29.6 Å². The van der Waals surface area contributed by atoms with E-state index < -0.39 is 12.0 Å². The van der Waals surface area contributed by atoms with Gasteiger partial charge in [0.25, 0.3) is 0 Å². The second-order valence-electron chi connectivity index (χ2n) is 3.26. The molecule has 5 heteroatoms. The van der Waals surface area contributed by atoms with Gasteiger partial charge in [-0.1, -0.05) is 12.1 Å². The Bertz CT molecular complexity index is 368. The van der Waals surface area contributed by atoms with E-state index in [0.717, 1.165) is 0 Å². The van der Waals surface area contributed by atoms with Crippen LogP contribution in [0.1, 0.15) is 5.56 Å². The summed E-state index contributed by atoms with van der Waals surface area (Å²) in [4.78, 5) is 10.4. The number of nitrogens with one attached hydrogen (secondary N) is 1. The molecule has 82 valence electrons. The van der Waals surface area contributed by atoms with E-state index in [-0.39, 0.29) is 18.0 Å². The number of carboxylic acid groups (broad SMARTS) is 1. The van der Waals surface area contributed by atoms with Gasteiger partial charge in [0, 0.05) is 6.54 Å². The summed E-state index contributed by atoms with van der Waals surface area (Å²) in [5.74, 6) is -1.49. The van der Waals surface area contributed by atoms with Crippen LogP contribution in [-0.2, 0) is 4.79 Å². The lowest BCUT2D eigenvalue weighted by Gasteiger charge is -2.11. The number of nitrogens with two attached hydrogens (primary N) is 1. The van der Waals surface area contributed by atoms with Gasteiger partial charge in [-0.2, -0.15) is 0 Å². The zero-order valence-electron chi connectivity index (χ0n) is 8.33. The third-order valence-electron chi connectivity index (χ3n) is 2.02. The second kappa shape index (κ2) is 4.75. The van der Waals surface area contributed by atoms with Crippen LogP contribution in [0, 0.1) is 12.7 Å². The van der Waals surface area contributed by atoms with E-state index in [9.17, 15) is 9.18 Å². The molecule has 0 saturated carbocycles. The summed E-state index contributed by atoms with van der Waals surface area (Å²) in [7, 11) is 0. The van der Waals surface area contributed by atoms with E-state index in [1.165, 1.54) is 6.07 Å². The maximum atomic E-state index is 13.4. The van der Waals surface area contributed by atoms with Gasteiger partial charge in [-0.05, 0) is 18.6 Å². The summed E-state index contributed by atoms with van der Waals surface area (Å²) in [5.41, 5.74) is 6.04. The Labute approximate surface area is 86.9 Å². The predicted molar refractivity (Wildman–Crippen MR) is 55.2 cm³/mol. The van der Waals surface area contributed by atoms with Crippen LogP contribution in [0.2, 0.25) is 0 Å². The van der Waals surface area contributed by atoms with E-state index in [1.807, 2.05) is 0 Å². The van der Waals surface area contributed by atoms with Gasteiger partial charge in [-0.25, -0.2) is 4.39 Å². The first-order valence-electron chi connectivity index (χ1n) is 4.49. The summed E-state index contributed by atoms with van der Waals surface area (Å²) in [6.45, 7) is 1.63. The van der Waals surface area contributed by atoms with Gasteiger partial charge in [-0.15, -0.1) is 0 Å². The number of carboxylic acids is 1. The minimum absolute atomic E-state index is 0.00426. The Kier molecular flexibility index (Phi) is 3.62. The third kappa shape index (κ3) is 2.92. The average molecular weight is 212 g/mol. The molecule has 0 aromatic heterocycles. The molecule has 4 nitrogen and oxygen atoms in total. The third-order valence-corrected chi connectivity index (χ3v) is 2.02. The molecule has 0 amide bonds. The zero-order valence-corrected chi connectivity index (χ0v) is 8.33. The highest BCUT2D eigenvalue weighted by molar-refractivity contribution is 5.74. The van der Waals surface area contributed by atoms with Crippen LogP contribution in [0.4, 0.5) is 10.1 Å². The minimum Gasteiger partial charge on any atom is -0.480 e. The van der Waals surface area contributed by atoms with Crippen molar-refractivity contribution in [2.24, 2.45) is 5.73 Å². The van der Waals surface area contributed by atoms with Crippen LogP contribution in [-0.4, -0.2) is 23.7 Å². The van der Waals surface area contributed by atoms with E-state index in [2.05, 4.69) is 5.32 Å². The summed E-state index contributed by atoms with van der Waals surface area (Å²) in [6, 6.07) is 3.83. The standard InChI is InChI=1S/C10H13FN2O2/c1-6-3-2-4-8(9(6)11)13-5-7(12)10(14)15/h2-4,7,13H,5,12H2,1H3,(H,14,15). The van der Waals surface area contributed by atoms with Crippen molar-refractivity contribution in [1.82, 2.24) is 0 Å². The number of benzene rings is 1. The molecule has 0 bridgehead atoms. The quantitative estimate of drug-likeness (QED) is 0.694. The fourth-order valence-electron chi connectivity index (χ4n) is 1.09. The first-order valence-corrected chi connectivity index (χ1v) is 4.49. The molecule has 0 aliphatic heterocycles. The Morgan fingerprint density at radius 3 is 2.93 bits per heavy atom. The van der Waals surface area contributed by atoms with Crippen molar-refractivity contribution in [2.45, 2.75) is 13.0 Å². The number of rotatable bonds is 4. The van der Waals surface area contributed by atoms with E-state index in [4.69, 9.17) is 10.8 Å². The van der Waals surface area contributed by atoms with Crippen molar-refractivity contribution in [1.29, 1.82) is 0 Å². The Hall–Kier alpha value is -1.62. The van der Waals surface area contributed by atoms with E-state index in [0.29, 0.717) is 5.56 Å². The fourth-order valence-corrected chi connectivity index (χ4v) is 1.09. The molecule has 1 atom stereocenters. The summed E-state index contributed by atoms with van der Waals surface area (Å²) >= 11 is 0. The second-order valence-corrected chi connectivity index (χ2v) is 3.26. The summed E-state index contributed by atoms with van der Waals surface area (Å²) in [6.07, 6.45) is 0. The predicted octanol–water partition coefficient (Wildman–Crippen LogP) is 0.958. The van der Waals surface area contributed by atoms with Gasteiger partial charge < -0.3 is 16.2 Å². The molecule has 1 aromatic rings. The van der Waals surface area contributed by atoms with Gasteiger partial charge in [0.1, 0.15) is 11.9 Å². The molecule has 1 unspecified atom stereocenters. The molecule has 15 heavy (non-hydrogen) atoms. The van der Waals surface area contributed by atoms with Gasteiger partial charge in [-0.3, -0.25) is 4.79 Å². The van der Waals surface area contributed by atoms with Crippen molar-refractivity contribution in [3.8, 4) is 0 Å². The van der Waals surface area contributed by atoms with Gasteiger partial charge in [0.2, 0.25) is 0 Å². The van der Waals surface area contributed by atoms with E-state index in [1.54, 1.807) is 19.1 Å². The highest BCUT2D eigenvalue weighted by Gasteiger charge is 2.12. The minimum atomic E-state index is -1.12. The van der Waals surface area contributed by atoms with Crippen LogP contribution in [0.15, 0.2) is 18.2 Å². The lowest BCUT2D eigenvalue weighted by Crippen LogP contribution is -2.37. The number of hydrogen-bond acceptors (Lipinski definition) is 3. The van der Waals surface area contributed by atoms with Crippen molar-refractivity contribution < 1.29 is 14.3 Å². The number of hydrogen-bond donors (Lipinski definition) is 3. The molecule has 0 spiro atoms. The topological polar surface area (TPSA) is 75.3 Å². The van der Waals surface area contributed by atoms with Crippen molar-refractivity contribution in [2.75, 3.05) is 11.9 Å². The molecule has 0 fully saturated rings. The molecule has 0 radical (unpaired) electrons. The molecule has 0 aliphatic rings. The highest BCUT2D eigenvalue weighted by Crippen LogP contribution is 2.16. The monoisotopic (exact) mass is 212 g/mol. The first kappa shape index (κ1) is 11.5. The summed E-state index contributed by atoms with van der Waals surface area (Å²) in [5, 5.41) is 11.2. The van der Waals surface area contributed by atoms with Gasteiger partial charge >= 0.3 is 5.97 Å². The molecule has 1 rings (SSSR count). The molecular formula is C10H13FN2O2. The molecule has 0 aliphatic carbocycles. The Morgan fingerprint density at radius 1 is 1.67 bits per heavy atom. The first-order chi connectivity index (χ1) is 7.02. The molecule has 0 heterocycles. The average Bonchev–Trinajstić information content (AvgIpc) is 2.19. The highest BCUT2D eigenvalue weighted by atomic mass is 19.1. The van der Waals surface area contributed by atoms with Crippen molar-refractivity contribution in [3.63, 3.8) is 0 Å². The summed E-state index contributed by atoms with van der Waals surface area (Å²) < 4.78 is 13.4. The number of anilines is 1. The van der Waals surface area contributed by atoms with Crippen LogP contribution in [0.5, 0.6) is 0 Å². The molecule has 0 saturated heterocycles. The van der Waals surface area contributed by atoms with Crippen LogP contribution < -0.4 is 11.1 Å². The number of aryl methyl sites for hydroxylation is 1. The lowest BCUT2D eigenvalue weighted by molar-refractivity contribution is -0.138. The molecule has 4 N–H and O–H groups in total. The molecule has 1 aromatic carbocycles. The lowest BCUT2D eigenvalue weighted by atomic mass is 10.2. The Balaban J connectivity index is 2.66. The SMILES string of the molecule is Cc1cccc(NCC(N)C(=O)O)c1F. The maximum Gasteiger partial charge on any atom is 0.322 e. The fraction of sp³-hybridized carbons (Fsp3) is 0.300. The maximum absolute atomic E-state index is 13.4. The number of carbonyl (C=O) groups is 1. The van der Waals surface area contributed by atoms with Crippen LogP contribution >= 0.6 is 0 Å². The largest absolute Gasteiger partial charge is 0.480 e. The Morgan fingerprint density at radius 2 is 2.33 bits per heavy atom. The number of aliphatic carboxylic acids is 1. The van der Waals surface area contributed by atoms with Crippen LogP contribution in [0.25, 0.3) is 0 Å². The van der Waals surface area contributed by atoms with E-state index >= 15 is 0 Å². The smallest absolute Gasteiger partial charge is 0.322 e.